The molecule has 1 atom stereocenters. The van der Waals surface area contributed by atoms with Gasteiger partial charge in [0.25, 0.3) is 0 Å². The van der Waals surface area contributed by atoms with Crippen molar-refractivity contribution in [3.05, 3.63) is 28.5 Å². The predicted molar refractivity (Wildman–Crippen MR) is 50.0 cm³/mol. The first kappa shape index (κ1) is 9.99. The summed E-state index contributed by atoms with van der Waals surface area (Å²) in [6, 6.07) is 1.64. The highest BCUT2D eigenvalue weighted by atomic mass is 35.5. The fourth-order valence-corrected chi connectivity index (χ4v) is 1.08. The molecule has 4 heteroatoms. The van der Waals surface area contributed by atoms with Gasteiger partial charge in [-0.1, -0.05) is 11.6 Å². The van der Waals surface area contributed by atoms with E-state index in [1.165, 1.54) is 0 Å². The number of carboxylic acid groups (broad SMARTS) is 1. The number of halogens is 1. The van der Waals surface area contributed by atoms with Crippen molar-refractivity contribution in [2.45, 2.75) is 19.8 Å². The highest BCUT2D eigenvalue weighted by molar-refractivity contribution is 6.31. The zero-order valence-corrected chi connectivity index (χ0v) is 8.17. The average molecular weight is 200 g/mol. The quantitative estimate of drug-likeness (QED) is 0.795. The van der Waals surface area contributed by atoms with Gasteiger partial charge in [0.05, 0.1) is 16.6 Å². The molecule has 0 bridgehead atoms. The van der Waals surface area contributed by atoms with Gasteiger partial charge in [0.1, 0.15) is 0 Å². The number of aryl methyl sites for hydroxylation is 1. The third-order valence-corrected chi connectivity index (χ3v) is 2.30. The summed E-state index contributed by atoms with van der Waals surface area (Å²) in [5, 5.41) is 9.23. The van der Waals surface area contributed by atoms with Crippen molar-refractivity contribution < 1.29 is 9.90 Å². The SMILES string of the molecule is Cc1ncc(C(C)C(=O)O)cc1Cl. The monoisotopic (exact) mass is 199 g/mol. The molecule has 0 saturated heterocycles. The van der Waals surface area contributed by atoms with Crippen LogP contribution in [0.25, 0.3) is 0 Å². The van der Waals surface area contributed by atoms with Crippen molar-refractivity contribution in [1.82, 2.24) is 4.98 Å². The van der Waals surface area contributed by atoms with Crippen molar-refractivity contribution in [1.29, 1.82) is 0 Å². The maximum atomic E-state index is 10.6. The van der Waals surface area contributed by atoms with Crippen LogP contribution < -0.4 is 0 Å². The number of aliphatic carboxylic acids is 1. The lowest BCUT2D eigenvalue weighted by atomic mass is 10.0. The number of carboxylic acids is 1. The summed E-state index contributed by atoms with van der Waals surface area (Å²) in [7, 11) is 0. The van der Waals surface area contributed by atoms with Gasteiger partial charge in [-0.05, 0) is 25.5 Å². The maximum Gasteiger partial charge on any atom is 0.310 e. The minimum atomic E-state index is -0.873. The van der Waals surface area contributed by atoms with Crippen molar-refractivity contribution in [3.8, 4) is 0 Å². The van der Waals surface area contributed by atoms with Crippen LogP contribution in [0.15, 0.2) is 12.3 Å². The van der Waals surface area contributed by atoms with Crippen LogP contribution in [0.4, 0.5) is 0 Å². The lowest BCUT2D eigenvalue weighted by Crippen LogP contribution is -2.07. The Morgan fingerprint density at radius 3 is 2.77 bits per heavy atom. The molecule has 0 aliphatic rings. The molecule has 0 fully saturated rings. The Morgan fingerprint density at radius 2 is 2.31 bits per heavy atom. The van der Waals surface area contributed by atoms with E-state index in [0.717, 1.165) is 0 Å². The average Bonchev–Trinajstić information content (AvgIpc) is 2.08. The molecule has 0 aromatic carbocycles. The van der Waals surface area contributed by atoms with Crippen molar-refractivity contribution in [3.63, 3.8) is 0 Å². The van der Waals surface area contributed by atoms with Gasteiger partial charge in [-0.2, -0.15) is 0 Å². The van der Waals surface area contributed by atoms with Crippen molar-refractivity contribution in [2.24, 2.45) is 0 Å². The third kappa shape index (κ3) is 2.18. The molecule has 1 aromatic heterocycles. The molecule has 0 spiro atoms. The minimum Gasteiger partial charge on any atom is -0.481 e. The molecule has 1 heterocycles. The maximum absolute atomic E-state index is 10.6. The van der Waals surface area contributed by atoms with E-state index in [0.29, 0.717) is 16.3 Å². The number of nitrogens with zero attached hydrogens (tertiary/aromatic N) is 1. The first-order chi connectivity index (χ1) is 6.02. The Morgan fingerprint density at radius 1 is 1.69 bits per heavy atom. The van der Waals surface area contributed by atoms with Crippen LogP contribution in [-0.2, 0) is 4.79 Å². The van der Waals surface area contributed by atoms with Gasteiger partial charge in [-0.15, -0.1) is 0 Å². The highest BCUT2D eigenvalue weighted by Gasteiger charge is 2.14. The fourth-order valence-electron chi connectivity index (χ4n) is 0.900. The lowest BCUT2D eigenvalue weighted by molar-refractivity contribution is -0.138. The summed E-state index contributed by atoms with van der Waals surface area (Å²) < 4.78 is 0. The van der Waals surface area contributed by atoms with Gasteiger partial charge in [-0.3, -0.25) is 9.78 Å². The summed E-state index contributed by atoms with van der Waals surface area (Å²) in [4.78, 5) is 14.6. The van der Waals surface area contributed by atoms with Crippen LogP contribution in [0.1, 0.15) is 24.1 Å². The van der Waals surface area contributed by atoms with E-state index in [1.54, 1.807) is 26.1 Å². The van der Waals surface area contributed by atoms with E-state index in [9.17, 15) is 4.79 Å². The van der Waals surface area contributed by atoms with Crippen LogP contribution >= 0.6 is 11.6 Å². The van der Waals surface area contributed by atoms with Crippen LogP contribution in [0, 0.1) is 6.92 Å². The number of hydrogen-bond acceptors (Lipinski definition) is 2. The molecule has 0 amide bonds. The fraction of sp³-hybridized carbons (Fsp3) is 0.333. The molecule has 1 rings (SSSR count). The van der Waals surface area contributed by atoms with Crippen LogP contribution in [0.5, 0.6) is 0 Å². The van der Waals surface area contributed by atoms with Crippen LogP contribution in [-0.4, -0.2) is 16.1 Å². The summed E-state index contributed by atoms with van der Waals surface area (Å²) in [6.45, 7) is 3.38. The summed E-state index contributed by atoms with van der Waals surface area (Å²) >= 11 is 5.81. The Hall–Kier alpha value is -1.09. The van der Waals surface area contributed by atoms with E-state index < -0.39 is 11.9 Å². The second-order valence-corrected chi connectivity index (χ2v) is 3.30. The van der Waals surface area contributed by atoms with Gasteiger partial charge >= 0.3 is 5.97 Å². The van der Waals surface area contributed by atoms with Crippen molar-refractivity contribution in [2.75, 3.05) is 0 Å². The topological polar surface area (TPSA) is 50.2 Å². The first-order valence-corrected chi connectivity index (χ1v) is 4.25. The highest BCUT2D eigenvalue weighted by Crippen LogP contribution is 2.20. The van der Waals surface area contributed by atoms with E-state index >= 15 is 0 Å². The standard InChI is InChI=1S/C9H10ClNO2/c1-5(9(12)13)7-3-8(10)6(2)11-4-7/h3-5H,1-2H3,(H,12,13). The largest absolute Gasteiger partial charge is 0.481 e. The molecule has 1 aromatic rings. The normalized spacial score (nSPS) is 12.5. The van der Waals surface area contributed by atoms with Gasteiger partial charge in [-0.25, -0.2) is 0 Å². The summed E-state index contributed by atoms with van der Waals surface area (Å²) in [6.07, 6.45) is 1.54. The Kier molecular flexibility index (Phi) is 2.88. The Balaban J connectivity index is 3.03. The van der Waals surface area contributed by atoms with Crippen LogP contribution in [0.2, 0.25) is 5.02 Å². The molecular weight excluding hydrogens is 190 g/mol. The second-order valence-electron chi connectivity index (χ2n) is 2.90. The smallest absolute Gasteiger partial charge is 0.310 e. The Labute approximate surface area is 81.4 Å². The number of pyridine rings is 1. The summed E-state index contributed by atoms with van der Waals surface area (Å²) in [5.41, 5.74) is 1.34. The van der Waals surface area contributed by atoms with E-state index in [1.807, 2.05) is 0 Å². The Bertz CT molecular complexity index is 338. The van der Waals surface area contributed by atoms with Gasteiger partial charge in [0.2, 0.25) is 0 Å². The van der Waals surface area contributed by atoms with Gasteiger partial charge in [0, 0.05) is 6.20 Å². The van der Waals surface area contributed by atoms with E-state index in [2.05, 4.69) is 4.98 Å². The van der Waals surface area contributed by atoms with Gasteiger partial charge in [0.15, 0.2) is 0 Å². The van der Waals surface area contributed by atoms with Crippen molar-refractivity contribution >= 4 is 17.6 Å². The molecule has 0 aliphatic heterocycles. The molecule has 70 valence electrons. The molecule has 1 unspecified atom stereocenters. The molecule has 0 saturated carbocycles. The lowest BCUT2D eigenvalue weighted by Gasteiger charge is -2.06. The third-order valence-electron chi connectivity index (χ3n) is 1.92. The number of rotatable bonds is 2. The van der Waals surface area contributed by atoms with Crippen LogP contribution in [0.3, 0.4) is 0 Å². The second kappa shape index (κ2) is 3.75. The zero-order chi connectivity index (χ0) is 10.0. The molecule has 13 heavy (non-hydrogen) atoms. The number of carbonyl (C=O) groups is 1. The molecule has 3 nitrogen and oxygen atoms in total. The predicted octanol–water partition coefficient (Wildman–Crippen LogP) is 2.23. The minimum absolute atomic E-state index is 0.505. The molecule has 0 radical (unpaired) electrons. The number of aromatic nitrogens is 1. The van der Waals surface area contributed by atoms with E-state index in [-0.39, 0.29) is 0 Å². The van der Waals surface area contributed by atoms with E-state index in [4.69, 9.17) is 16.7 Å². The number of hydrogen-bond donors (Lipinski definition) is 1. The van der Waals surface area contributed by atoms with Gasteiger partial charge < -0.3 is 5.11 Å². The molecule has 1 N–H and O–H groups in total. The molecular formula is C9H10ClNO2. The zero-order valence-electron chi connectivity index (χ0n) is 7.41. The molecule has 0 aliphatic carbocycles. The first-order valence-electron chi connectivity index (χ1n) is 3.87. The summed E-state index contributed by atoms with van der Waals surface area (Å²) in [5.74, 6) is -1.44.